The number of amides is 2. The molecule has 0 unspecified atom stereocenters. The van der Waals surface area contributed by atoms with Crippen LogP contribution < -0.4 is 20.1 Å². The number of carbonyl (C=O) groups is 2. The lowest BCUT2D eigenvalue weighted by molar-refractivity contribution is -0.384. The van der Waals surface area contributed by atoms with Crippen LogP contribution in [0, 0.1) is 10.1 Å². The van der Waals surface area contributed by atoms with Gasteiger partial charge in [0.2, 0.25) is 0 Å². The van der Waals surface area contributed by atoms with Crippen molar-refractivity contribution >= 4 is 39.4 Å². The fraction of sp³-hybridized carbons (Fsp3) is 0.318. The zero-order valence-corrected chi connectivity index (χ0v) is 32.1. The van der Waals surface area contributed by atoms with Crippen molar-refractivity contribution in [3.8, 4) is 11.5 Å². The molecule has 57 heavy (non-hydrogen) atoms. The first kappa shape index (κ1) is 39.1. The van der Waals surface area contributed by atoms with Crippen LogP contribution in [0.15, 0.2) is 112 Å². The standard InChI is InChI=1S/C22H23N3O5.C22H24N2O3/c1-29-19-6-2-15(3-7-19)14-24-10-8-17(9-11-24)23-22(26)21-12-16-4-5-18(25(27)28)13-20(16)30-21;1-26-19-7-4-5-16(13-19)15-24-11-9-18(10-12-24)23-22(25)21-14-17-6-2-3-8-20(17)27-21/h2-7,12-13,17H,8-11,14H2,1H3,(H,23,26);2-8,13-14,18H,9-12,15H2,1H3,(H,23,25). The predicted octanol–water partition coefficient (Wildman–Crippen LogP) is 7.58. The Labute approximate surface area is 330 Å². The summed E-state index contributed by atoms with van der Waals surface area (Å²) in [5.74, 6) is 1.88. The Balaban J connectivity index is 0.000000175. The lowest BCUT2D eigenvalue weighted by atomic mass is 10.0. The predicted molar refractivity (Wildman–Crippen MR) is 217 cm³/mol. The van der Waals surface area contributed by atoms with Gasteiger partial charge in [-0.05, 0) is 85.3 Å². The van der Waals surface area contributed by atoms with Gasteiger partial charge < -0.3 is 28.9 Å². The van der Waals surface area contributed by atoms with Gasteiger partial charge in [-0.1, -0.05) is 42.5 Å². The number of likely N-dealkylation sites (tertiary alicyclic amines) is 2. The minimum absolute atomic E-state index is 0.0620. The van der Waals surface area contributed by atoms with E-state index in [1.165, 1.54) is 23.3 Å². The van der Waals surface area contributed by atoms with E-state index >= 15 is 0 Å². The van der Waals surface area contributed by atoms with E-state index in [1.54, 1.807) is 26.4 Å². The fourth-order valence-corrected chi connectivity index (χ4v) is 7.34. The number of furan rings is 2. The molecule has 2 saturated heterocycles. The van der Waals surface area contributed by atoms with Crippen molar-refractivity contribution in [3.63, 3.8) is 0 Å². The zero-order chi connectivity index (χ0) is 39.7. The van der Waals surface area contributed by atoms with Crippen molar-refractivity contribution < 1.29 is 32.8 Å². The van der Waals surface area contributed by atoms with E-state index in [2.05, 4.69) is 44.7 Å². The number of nitrogens with zero attached hydrogens (tertiary/aromatic N) is 3. The average molecular weight is 774 g/mol. The number of non-ortho nitro benzene ring substituents is 1. The highest BCUT2D eigenvalue weighted by atomic mass is 16.6. The van der Waals surface area contributed by atoms with Crippen LogP contribution in [0.1, 0.15) is 57.9 Å². The van der Waals surface area contributed by atoms with Crippen LogP contribution in [0.4, 0.5) is 5.69 Å². The zero-order valence-electron chi connectivity index (χ0n) is 32.1. The molecule has 0 spiro atoms. The molecule has 296 valence electrons. The SMILES string of the molecule is COc1ccc(CN2CCC(NC(=O)c3cc4ccc([N+](=O)[O-])cc4o3)CC2)cc1.COc1cccc(CN2CCC(NC(=O)c3cc4ccccc4o3)CC2)c1. The molecule has 2 fully saturated rings. The highest BCUT2D eigenvalue weighted by Gasteiger charge is 2.24. The molecule has 2 aromatic heterocycles. The molecule has 2 aliphatic heterocycles. The molecule has 4 aromatic carbocycles. The van der Waals surface area contributed by atoms with Gasteiger partial charge in [0.25, 0.3) is 17.5 Å². The number of carbonyl (C=O) groups excluding carboxylic acids is 2. The summed E-state index contributed by atoms with van der Waals surface area (Å²) in [5, 5.41) is 18.7. The number of nitro groups is 1. The molecule has 13 heteroatoms. The van der Waals surface area contributed by atoms with E-state index in [-0.39, 0.29) is 35.3 Å². The van der Waals surface area contributed by atoms with E-state index in [0.29, 0.717) is 16.7 Å². The largest absolute Gasteiger partial charge is 0.497 e. The summed E-state index contributed by atoms with van der Waals surface area (Å²) in [4.78, 5) is 40.3. The number of benzene rings is 4. The Morgan fingerprint density at radius 3 is 1.79 bits per heavy atom. The molecule has 0 radical (unpaired) electrons. The van der Waals surface area contributed by atoms with Gasteiger partial charge in [0.15, 0.2) is 11.5 Å². The second-order valence-corrected chi connectivity index (χ2v) is 14.5. The number of para-hydroxylation sites is 1. The van der Waals surface area contributed by atoms with Gasteiger partial charge in [0.05, 0.1) is 25.2 Å². The Hall–Kier alpha value is -6.18. The lowest BCUT2D eigenvalue weighted by Gasteiger charge is -2.32. The second-order valence-electron chi connectivity index (χ2n) is 14.5. The highest BCUT2D eigenvalue weighted by molar-refractivity contribution is 5.97. The maximum Gasteiger partial charge on any atom is 0.287 e. The van der Waals surface area contributed by atoms with Crippen molar-refractivity contribution in [2.75, 3.05) is 40.4 Å². The molecule has 2 aliphatic rings. The van der Waals surface area contributed by atoms with Crippen LogP contribution in [0.5, 0.6) is 11.5 Å². The second kappa shape index (κ2) is 18.2. The van der Waals surface area contributed by atoms with Crippen molar-refractivity contribution in [1.29, 1.82) is 0 Å². The third-order valence-electron chi connectivity index (χ3n) is 10.5. The Bertz CT molecular complexity index is 2270. The van der Waals surface area contributed by atoms with Crippen LogP contribution in [-0.2, 0) is 13.1 Å². The van der Waals surface area contributed by atoms with Gasteiger partial charge in [0.1, 0.15) is 22.7 Å². The minimum atomic E-state index is -0.485. The molecule has 0 saturated carbocycles. The van der Waals surface area contributed by atoms with Crippen molar-refractivity contribution in [2.24, 2.45) is 0 Å². The Kier molecular flexibility index (Phi) is 12.5. The number of hydrogen-bond acceptors (Lipinski definition) is 10. The van der Waals surface area contributed by atoms with E-state index in [0.717, 1.165) is 87.4 Å². The Morgan fingerprint density at radius 1 is 0.649 bits per heavy atom. The van der Waals surface area contributed by atoms with Crippen LogP contribution in [0.25, 0.3) is 21.9 Å². The molecule has 0 bridgehead atoms. The van der Waals surface area contributed by atoms with Crippen molar-refractivity contribution in [3.05, 3.63) is 136 Å². The highest BCUT2D eigenvalue weighted by Crippen LogP contribution is 2.25. The minimum Gasteiger partial charge on any atom is -0.497 e. The van der Waals surface area contributed by atoms with Gasteiger partial charge in [0, 0.05) is 68.2 Å². The smallest absolute Gasteiger partial charge is 0.287 e. The van der Waals surface area contributed by atoms with E-state index in [1.807, 2.05) is 54.6 Å². The number of nitrogens with one attached hydrogen (secondary N) is 2. The van der Waals surface area contributed by atoms with Gasteiger partial charge in [-0.15, -0.1) is 0 Å². The first-order chi connectivity index (χ1) is 27.7. The summed E-state index contributed by atoms with van der Waals surface area (Å²) >= 11 is 0. The van der Waals surface area contributed by atoms with Gasteiger partial charge in [-0.2, -0.15) is 0 Å². The molecule has 4 heterocycles. The third kappa shape index (κ3) is 10.2. The van der Waals surface area contributed by atoms with Crippen molar-refractivity contribution in [2.45, 2.75) is 50.9 Å². The number of hydrogen-bond donors (Lipinski definition) is 2. The van der Waals surface area contributed by atoms with Crippen LogP contribution in [0.2, 0.25) is 0 Å². The van der Waals surface area contributed by atoms with Gasteiger partial charge in [-0.25, -0.2) is 0 Å². The number of nitro benzene ring substituents is 1. The Morgan fingerprint density at radius 2 is 1.21 bits per heavy atom. The molecule has 2 N–H and O–H groups in total. The lowest BCUT2D eigenvalue weighted by Crippen LogP contribution is -2.44. The summed E-state index contributed by atoms with van der Waals surface area (Å²) in [7, 11) is 3.35. The monoisotopic (exact) mass is 773 g/mol. The third-order valence-corrected chi connectivity index (χ3v) is 10.5. The van der Waals surface area contributed by atoms with Crippen LogP contribution in [-0.4, -0.2) is 79.0 Å². The number of ether oxygens (including phenoxy) is 2. The van der Waals surface area contributed by atoms with E-state index < -0.39 is 4.92 Å². The number of rotatable bonds is 11. The summed E-state index contributed by atoms with van der Waals surface area (Å²) in [6.07, 6.45) is 3.59. The topological polar surface area (TPSA) is 153 Å². The van der Waals surface area contributed by atoms with Crippen LogP contribution in [0.3, 0.4) is 0 Å². The maximum atomic E-state index is 12.6. The van der Waals surface area contributed by atoms with E-state index in [9.17, 15) is 19.7 Å². The van der Waals surface area contributed by atoms with Gasteiger partial charge in [-0.3, -0.25) is 29.5 Å². The molecule has 13 nitrogen and oxygen atoms in total. The first-order valence-corrected chi connectivity index (χ1v) is 19.2. The number of fused-ring (bicyclic) bond motifs is 2. The first-order valence-electron chi connectivity index (χ1n) is 19.2. The fourth-order valence-electron chi connectivity index (χ4n) is 7.34. The van der Waals surface area contributed by atoms with E-state index in [4.69, 9.17) is 18.3 Å². The molecular weight excluding hydrogens is 727 g/mol. The molecule has 2 amide bonds. The number of methoxy groups -OCH3 is 2. The summed E-state index contributed by atoms with van der Waals surface area (Å²) < 4.78 is 21.7. The average Bonchev–Trinajstić information content (AvgIpc) is 3.88. The maximum absolute atomic E-state index is 12.6. The summed E-state index contributed by atoms with van der Waals surface area (Å²) in [6.45, 7) is 5.48. The van der Waals surface area contributed by atoms with Gasteiger partial charge >= 0.3 is 0 Å². The van der Waals surface area contributed by atoms with Crippen molar-refractivity contribution in [1.82, 2.24) is 20.4 Å². The molecule has 6 aromatic rings. The quantitative estimate of drug-likeness (QED) is 0.0996. The van der Waals surface area contributed by atoms with Crippen LogP contribution >= 0.6 is 0 Å². The molecular formula is C44H47N5O8. The molecule has 0 aliphatic carbocycles. The molecule has 0 atom stereocenters. The number of piperidine rings is 2. The molecule has 8 rings (SSSR count). The summed E-state index contributed by atoms with van der Waals surface area (Å²) in [5.41, 5.74) is 3.50. The summed E-state index contributed by atoms with van der Waals surface area (Å²) in [6, 6.07) is 31.9. The normalized spacial score (nSPS) is 15.5.